The lowest BCUT2D eigenvalue weighted by atomic mass is 9.69. The van der Waals surface area contributed by atoms with Crippen LogP contribution in [-0.2, 0) is 0 Å². The van der Waals surface area contributed by atoms with E-state index in [9.17, 15) is 5.11 Å². The summed E-state index contributed by atoms with van der Waals surface area (Å²) in [5, 5.41) is 9.94. The van der Waals surface area contributed by atoms with Crippen LogP contribution >= 0.6 is 0 Å². The average Bonchev–Trinajstić information content (AvgIpc) is 1.94. The second-order valence-corrected chi connectivity index (χ2v) is 5.04. The minimum atomic E-state index is -0.397. The topological polar surface area (TPSA) is 20.2 Å². The number of rotatable bonds is 1. The van der Waals surface area contributed by atoms with Crippen LogP contribution in [0.4, 0.5) is 0 Å². The predicted molar refractivity (Wildman–Crippen MR) is 52.0 cm³/mol. The minimum absolute atomic E-state index is 0.397. The molecule has 0 heterocycles. The van der Waals surface area contributed by atoms with Crippen LogP contribution in [0.1, 0.15) is 47.0 Å². The summed E-state index contributed by atoms with van der Waals surface area (Å²) in [5.74, 6) is 2.09. The molecule has 1 nitrogen and oxygen atoms in total. The van der Waals surface area contributed by atoms with Gasteiger partial charge in [0, 0.05) is 0 Å². The molecule has 72 valence electrons. The molecule has 0 saturated heterocycles. The zero-order chi connectivity index (χ0) is 9.35. The van der Waals surface area contributed by atoms with E-state index in [1.54, 1.807) is 0 Å². The number of hydrogen-bond donors (Lipinski definition) is 1. The molecule has 1 aliphatic carbocycles. The molecule has 0 bridgehead atoms. The molecule has 0 aliphatic heterocycles. The molecule has 1 fully saturated rings. The summed E-state index contributed by atoms with van der Waals surface area (Å²) in [6, 6.07) is 0. The third kappa shape index (κ3) is 2.01. The molecule has 12 heavy (non-hydrogen) atoms. The molecule has 0 aromatic rings. The fraction of sp³-hybridized carbons (Fsp3) is 1.00. The maximum atomic E-state index is 9.94. The van der Waals surface area contributed by atoms with Gasteiger partial charge in [0.15, 0.2) is 0 Å². The van der Waals surface area contributed by atoms with Crippen LogP contribution in [0.3, 0.4) is 0 Å². The largest absolute Gasteiger partial charge is 0.390 e. The predicted octanol–water partition coefficient (Wildman–Crippen LogP) is 2.83. The van der Waals surface area contributed by atoms with E-state index in [1.807, 2.05) is 6.92 Å². The zero-order valence-electron chi connectivity index (χ0n) is 8.80. The van der Waals surface area contributed by atoms with Gasteiger partial charge in [-0.25, -0.2) is 0 Å². The van der Waals surface area contributed by atoms with E-state index >= 15 is 0 Å². The Hall–Kier alpha value is -0.0400. The van der Waals surface area contributed by atoms with Gasteiger partial charge in [-0.2, -0.15) is 0 Å². The van der Waals surface area contributed by atoms with Gasteiger partial charge in [-0.1, -0.05) is 20.8 Å². The first-order chi connectivity index (χ1) is 5.43. The Morgan fingerprint density at radius 1 is 1.42 bits per heavy atom. The highest BCUT2D eigenvalue weighted by Gasteiger charge is 2.35. The quantitative estimate of drug-likeness (QED) is 0.641. The van der Waals surface area contributed by atoms with Crippen molar-refractivity contribution >= 4 is 0 Å². The van der Waals surface area contributed by atoms with Crippen LogP contribution in [0.15, 0.2) is 0 Å². The second kappa shape index (κ2) is 3.37. The van der Waals surface area contributed by atoms with Gasteiger partial charge >= 0.3 is 0 Å². The Morgan fingerprint density at radius 2 is 2.00 bits per heavy atom. The van der Waals surface area contributed by atoms with Crippen LogP contribution in [0.5, 0.6) is 0 Å². The Balaban J connectivity index is 2.52. The maximum Gasteiger partial charge on any atom is 0.0645 e. The Kier molecular flexibility index (Phi) is 2.82. The van der Waals surface area contributed by atoms with Crippen molar-refractivity contribution in [1.29, 1.82) is 0 Å². The molecule has 1 N–H and O–H groups in total. The summed E-state index contributed by atoms with van der Waals surface area (Å²) in [7, 11) is 0. The van der Waals surface area contributed by atoms with Crippen molar-refractivity contribution in [2.75, 3.05) is 0 Å². The van der Waals surface area contributed by atoms with Crippen LogP contribution < -0.4 is 0 Å². The summed E-state index contributed by atoms with van der Waals surface area (Å²) in [6.45, 7) is 8.73. The monoisotopic (exact) mass is 170 g/mol. The standard InChI is InChI=1S/C11H22O/c1-8(2)10-5-6-11(4,12)9(3)7-10/h8-10,12H,5-7H2,1-4H3. The lowest BCUT2D eigenvalue weighted by molar-refractivity contribution is -0.0448. The van der Waals surface area contributed by atoms with Gasteiger partial charge in [-0.3, -0.25) is 0 Å². The Morgan fingerprint density at radius 3 is 2.42 bits per heavy atom. The summed E-state index contributed by atoms with van der Waals surface area (Å²) in [4.78, 5) is 0. The molecule has 0 spiro atoms. The highest BCUT2D eigenvalue weighted by atomic mass is 16.3. The third-order valence-corrected chi connectivity index (χ3v) is 3.68. The summed E-state index contributed by atoms with van der Waals surface area (Å²) in [6.07, 6.45) is 3.39. The fourth-order valence-electron chi connectivity index (χ4n) is 2.16. The molecule has 0 amide bonds. The summed E-state index contributed by atoms with van der Waals surface area (Å²) < 4.78 is 0. The van der Waals surface area contributed by atoms with Gasteiger partial charge < -0.3 is 5.11 Å². The van der Waals surface area contributed by atoms with Crippen molar-refractivity contribution in [2.45, 2.75) is 52.6 Å². The molecule has 0 aromatic heterocycles. The highest BCUT2D eigenvalue weighted by Crippen LogP contribution is 2.39. The van der Waals surface area contributed by atoms with E-state index in [2.05, 4.69) is 20.8 Å². The van der Waals surface area contributed by atoms with Gasteiger partial charge in [0.2, 0.25) is 0 Å². The van der Waals surface area contributed by atoms with Crippen LogP contribution in [0.25, 0.3) is 0 Å². The van der Waals surface area contributed by atoms with Gasteiger partial charge in [-0.05, 0) is 43.9 Å². The van der Waals surface area contributed by atoms with Gasteiger partial charge in [-0.15, -0.1) is 0 Å². The molecule has 0 radical (unpaired) electrons. The summed E-state index contributed by atoms with van der Waals surface area (Å²) >= 11 is 0. The molecule has 1 saturated carbocycles. The Labute approximate surface area is 76.2 Å². The van der Waals surface area contributed by atoms with Crippen molar-refractivity contribution in [3.8, 4) is 0 Å². The normalized spacial score (nSPS) is 43.5. The van der Waals surface area contributed by atoms with E-state index in [1.165, 1.54) is 12.8 Å². The van der Waals surface area contributed by atoms with E-state index in [-0.39, 0.29) is 0 Å². The van der Waals surface area contributed by atoms with Crippen LogP contribution in [0.2, 0.25) is 0 Å². The van der Waals surface area contributed by atoms with E-state index in [0.29, 0.717) is 5.92 Å². The second-order valence-electron chi connectivity index (χ2n) is 5.04. The minimum Gasteiger partial charge on any atom is -0.390 e. The van der Waals surface area contributed by atoms with Crippen molar-refractivity contribution < 1.29 is 5.11 Å². The van der Waals surface area contributed by atoms with E-state index in [4.69, 9.17) is 0 Å². The van der Waals surface area contributed by atoms with Crippen LogP contribution in [-0.4, -0.2) is 10.7 Å². The van der Waals surface area contributed by atoms with Crippen molar-refractivity contribution in [2.24, 2.45) is 17.8 Å². The van der Waals surface area contributed by atoms with Crippen LogP contribution in [0, 0.1) is 17.8 Å². The Bertz CT molecular complexity index is 149. The molecule has 1 heteroatoms. The lowest BCUT2D eigenvalue weighted by Crippen LogP contribution is -2.39. The first-order valence-electron chi connectivity index (χ1n) is 5.16. The zero-order valence-corrected chi connectivity index (χ0v) is 8.80. The first kappa shape index (κ1) is 10.0. The molecule has 0 aromatic carbocycles. The average molecular weight is 170 g/mol. The van der Waals surface area contributed by atoms with Gasteiger partial charge in [0.1, 0.15) is 0 Å². The molecule has 3 atom stereocenters. The summed E-state index contributed by atoms with van der Waals surface area (Å²) in [5.41, 5.74) is -0.397. The molecule has 3 unspecified atom stereocenters. The smallest absolute Gasteiger partial charge is 0.0645 e. The van der Waals surface area contributed by atoms with Crippen molar-refractivity contribution in [1.82, 2.24) is 0 Å². The molecular weight excluding hydrogens is 148 g/mol. The van der Waals surface area contributed by atoms with Gasteiger partial charge in [0.25, 0.3) is 0 Å². The van der Waals surface area contributed by atoms with E-state index < -0.39 is 5.60 Å². The van der Waals surface area contributed by atoms with Crippen molar-refractivity contribution in [3.63, 3.8) is 0 Å². The lowest BCUT2D eigenvalue weighted by Gasteiger charge is -2.40. The fourth-order valence-corrected chi connectivity index (χ4v) is 2.16. The first-order valence-corrected chi connectivity index (χ1v) is 5.16. The number of aliphatic hydroxyl groups is 1. The molecule has 1 aliphatic rings. The number of hydrogen-bond acceptors (Lipinski definition) is 1. The van der Waals surface area contributed by atoms with Crippen molar-refractivity contribution in [3.05, 3.63) is 0 Å². The SMILES string of the molecule is CC(C)C1CCC(C)(O)C(C)C1. The molecule has 1 rings (SSSR count). The van der Waals surface area contributed by atoms with Gasteiger partial charge in [0.05, 0.1) is 5.60 Å². The molecular formula is C11H22O. The highest BCUT2D eigenvalue weighted by molar-refractivity contribution is 4.87. The van der Waals surface area contributed by atoms with E-state index in [0.717, 1.165) is 18.3 Å². The third-order valence-electron chi connectivity index (χ3n) is 3.68. The maximum absolute atomic E-state index is 9.94.